The highest BCUT2D eigenvalue weighted by molar-refractivity contribution is 8.18. The number of rotatable bonds is 6. The first-order chi connectivity index (χ1) is 20.2. The third-order valence-electron chi connectivity index (χ3n) is 6.46. The van der Waals surface area contributed by atoms with E-state index < -0.39 is 34.5 Å². The lowest BCUT2D eigenvalue weighted by Gasteiger charge is -2.19. The van der Waals surface area contributed by atoms with Crippen LogP contribution in [-0.4, -0.2) is 37.4 Å². The Hall–Kier alpha value is -4.09. The topological polar surface area (TPSA) is 81.5 Å². The van der Waals surface area contributed by atoms with Crippen LogP contribution >= 0.6 is 23.4 Å². The van der Waals surface area contributed by atoms with Crippen LogP contribution in [-0.2, 0) is 28.8 Å². The van der Waals surface area contributed by atoms with Gasteiger partial charge in [-0.05, 0) is 91.7 Å². The summed E-state index contributed by atoms with van der Waals surface area (Å²) < 4.78 is 47.5. The van der Waals surface area contributed by atoms with Crippen molar-refractivity contribution < 1.29 is 32.3 Å². The largest absolute Gasteiger partial charge is 0.456 e. The molecule has 7 nitrogen and oxygen atoms in total. The molecule has 2 amide bonds. The van der Waals surface area contributed by atoms with Crippen LogP contribution < -0.4 is 0 Å². The van der Waals surface area contributed by atoms with Gasteiger partial charge in [-0.25, -0.2) is 4.79 Å². The van der Waals surface area contributed by atoms with E-state index in [1.54, 1.807) is 69.3 Å². The molecule has 0 spiro atoms. The fourth-order valence-electron chi connectivity index (χ4n) is 4.49. The van der Waals surface area contributed by atoms with E-state index in [4.69, 9.17) is 16.3 Å². The van der Waals surface area contributed by atoms with Crippen LogP contribution in [0.25, 0.3) is 17.0 Å². The van der Waals surface area contributed by atoms with E-state index in [-0.39, 0.29) is 28.6 Å². The van der Waals surface area contributed by atoms with Gasteiger partial charge in [-0.15, -0.1) is 0 Å². The molecule has 0 bridgehead atoms. The number of imide groups is 1. The first-order valence-electron chi connectivity index (χ1n) is 13.1. The van der Waals surface area contributed by atoms with Gasteiger partial charge in [-0.1, -0.05) is 35.9 Å². The number of carbonyl (C=O) groups excluding carboxylic acids is 3. The summed E-state index contributed by atoms with van der Waals surface area (Å²) in [5, 5.41) is 4.48. The Morgan fingerprint density at radius 3 is 2.40 bits per heavy atom. The van der Waals surface area contributed by atoms with Crippen LogP contribution in [0.1, 0.15) is 53.4 Å². The van der Waals surface area contributed by atoms with Gasteiger partial charge in [0.15, 0.2) is 0 Å². The Labute approximate surface area is 254 Å². The molecule has 0 aliphatic carbocycles. The minimum absolute atomic E-state index is 0.00782. The van der Waals surface area contributed by atoms with Crippen LogP contribution in [0.5, 0.6) is 0 Å². The van der Waals surface area contributed by atoms with E-state index in [0.717, 1.165) is 22.7 Å². The lowest BCUT2D eigenvalue weighted by Crippen LogP contribution is -2.27. The van der Waals surface area contributed by atoms with Crippen molar-refractivity contribution in [3.05, 3.63) is 105 Å². The van der Waals surface area contributed by atoms with Crippen LogP contribution in [0.15, 0.2) is 71.8 Å². The van der Waals surface area contributed by atoms with Gasteiger partial charge in [0, 0.05) is 10.4 Å². The molecule has 0 radical (unpaired) electrons. The molecule has 0 unspecified atom stereocenters. The molecule has 222 valence electrons. The van der Waals surface area contributed by atoms with Gasteiger partial charge in [0.2, 0.25) is 0 Å². The number of aromatic nitrogens is 2. The SMILES string of the molecule is CC(C)(C)OC(=O)c1ccc(CN2C(=O)SC(=Cc3ccc4c(cnn4Cc4ccc(Cl)cc4C(F)(F)F)c3)C2=O)cc1. The quantitative estimate of drug-likeness (QED) is 0.159. The zero-order valence-electron chi connectivity index (χ0n) is 23.2. The summed E-state index contributed by atoms with van der Waals surface area (Å²) >= 11 is 6.61. The zero-order chi connectivity index (χ0) is 31.1. The van der Waals surface area contributed by atoms with Gasteiger partial charge >= 0.3 is 12.1 Å². The molecule has 1 saturated heterocycles. The Kier molecular flexibility index (Phi) is 8.15. The van der Waals surface area contributed by atoms with E-state index in [1.165, 1.54) is 23.0 Å². The molecule has 1 aliphatic rings. The number of halogens is 4. The highest BCUT2D eigenvalue weighted by atomic mass is 35.5. The van der Waals surface area contributed by atoms with Gasteiger partial charge < -0.3 is 4.74 Å². The second kappa shape index (κ2) is 11.5. The van der Waals surface area contributed by atoms with Crippen molar-refractivity contribution in [3.8, 4) is 0 Å². The van der Waals surface area contributed by atoms with Crippen molar-refractivity contribution in [1.29, 1.82) is 0 Å². The second-order valence-corrected chi connectivity index (χ2v) is 12.3. The molecule has 12 heteroatoms. The first-order valence-corrected chi connectivity index (χ1v) is 14.3. The molecule has 3 aromatic carbocycles. The number of esters is 1. The molecule has 0 atom stereocenters. The summed E-state index contributed by atoms with van der Waals surface area (Å²) in [4.78, 5) is 39.4. The van der Waals surface area contributed by atoms with Crippen LogP contribution in [0.3, 0.4) is 0 Å². The maximum absolute atomic E-state index is 13.6. The van der Waals surface area contributed by atoms with Gasteiger partial charge in [0.05, 0.1) is 40.8 Å². The third kappa shape index (κ3) is 6.94. The fraction of sp³-hybridized carbons (Fsp3) is 0.226. The van der Waals surface area contributed by atoms with E-state index >= 15 is 0 Å². The number of ether oxygens (including phenoxy) is 1. The molecular weight excluding hydrogens is 603 g/mol. The van der Waals surface area contributed by atoms with Crippen molar-refractivity contribution in [2.24, 2.45) is 0 Å². The van der Waals surface area contributed by atoms with Crippen molar-refractivity contribution in [2.75, 3.05) is 0 Å². The molecule has 5 rings (SSSR count). The summed E-state index contributed by atoms with van der Waals surface area (Å²) in [5.74, 6) is -0.920. The fourth-order valence-corrected chi connectivity index (χ4v) is 5.50. The summed E-state index contributed by atoms with van der Waals surface area (Å²) in [5.41, 5.74) is 0.825. The molecule has 0 saturated carbocycles. The van der Waals surface area contributed by atoms with E-state index in [2.05, 4.69) is 5.10 Å². The van der Waals surface area contributed by atoms with E-state index in [0.29, 0.717) is 27.6 Å². The van der Waals surface area contributed by atoms with Gasteiger partial charge in [-0.3, -0.25) is 19.2 Å². The van der Waals surface area contributed by atoms with E-state index in [1.807, 2.05) is 0 Å². The molecule has 2 heterocycles. The van der Waals surface area contributed by atoms with Crippen molar-refractivity contribution in [3.63, 3.8) is 0 Å². The number of nitrogens with zero attached hydrogens (tertiary/aromatic N) is 3. The van der Waals surface area contributed by atoms with Crippen molar-refractivity contribution in [1.82, 2.24) is 14.7 Å². The summed E-state index contributed by atoms with van der Waals surface area (Å²) in [6, 6.07) is 15.3. The zero-order valence-corrected chi connectivity index (χ0v) is 24.8. The molecule has 0 N–H and O–H groups in total. The predicted octanol–water partition coefficient (Wildman–Crippen LogP) is 7.95. The number of amides is 2. The smallest absolute Gasteiger partial charge is 0.416 e. The molecular formula is C31H25ClF3N3O4S. The van der Waals surface area contributed by atoms with Gasteiger partial charge in [0.1, 0.15) is 5.60 Å². The number of hydrogen-bond donors (Lipinski definition) is 0. The number of alkyl halides is 3. The standard InChI is InChI=1S/C31H25ClF3N3O4S/c1-30(2,3)42-28(40)20-7-4-18(5-8-20)16-37-27(39)26(43-29(37)41)13-19-6-11-25-22(12-19)15-36-38(25)17-21-9-10-23(32)14-24(21)31(33,34)35/h4-15H,16-17H2,1-3H3. The normalized spacial score (nSPS) is 15.1. The summed E-state index contributed by atoms with van der Waals surface area (Å²) in [6.45, 7) is 5.24. The molecule has 1 aromatic heterocycles. The Morgan fingerprint density at radius 1 is 1.00 bits per heavy atom. The van der Waals surface area contributed by atoms with Crippen LogP contribution in [0, 0.1) is 0 Å². The van der Waals surface area contributed by atoms with Gasteiger partial charge in [0.25, 0.3) is 11.1 Å². The third-order valence-corrected chi connectivity index (χ3v) is 7.61. The summed E-state index contributed by atoms with van der Waals surface area (Å²) in [7, 11) is 0. The minimum atomic E-state index is -4.57. The molecule has 4 aromatic rings. The van der Waals surface area contributed by atoms with Gasteiger partial charge in [-0.2, -0.15) is 18.3 Å². The maximum atomic E-state index is 13.6. The average Bonchev–Trinajstić information content (AvgIpc) is 3.43. The Morgan fingerprint density at radius 2 is 1.72 bits per heavy atom. The monoisotopic (exact) mass is 627 g/mol. The number of benzene rings is 3. The van der Waals surface area contributed by atoms with Crippen LogP contribution in [0.4, 0.5) is 18.0 Å². The maximum Gasteiger partial charge on any atom is 0.416 e. The first kappa shape index (κ1) is 30.4. The number of thioether (sulfide) groups is 1. The lowest BCUT2D eigenvalue weighted by molar-refractivity contribution is -0.138. The number of fused-ring (bicyclic) bond motifs is 1. The molecule has 1 aliphatic heterocycles. The lowest BCUT2D eigenvalue weighted by atomic mass is 10.1. The average molecular weight is 628 g/mol. The van der Waals surface area contributed by atoms with E-state index in [9.17, 15) is 27.6 Å². The Bertz CT molecular complexity index is 1780. The van der Waals surface area contributed by atoms with Crippen molar-refractivity contribution >= 4 is 57.5 Å². The van der Waals surface area contributed by atoms with Crippen molar-refractivity contribution in [2.45, 2.75) is 45.6 Å². The minimum Gasteiger partial charge on any atom is -0.456 e. The highest BCUT2D eigenvalue weighted by Gasteiger charge is 2.35. The number of hydrogen-bond acceptors (Lipinski definition) is 6. The highest BCUT2D eigenvalue weighted by Crippen LogP contribution is 2.36. The molecule has 1 fully saturated rings. The molecule has 43 heavy (non-hydrogen) atoms. The predicted molar refractivity (Wildman–Crippen MR) is 158 cm³/mol. The summed E-state index contributed by atoms with van der Waals surface area (Å²) in [6.07, 6.45) is -1.44. The van der Waals surface area contributed by atoms with Crippen LogP contribution in [0.2, 0.25) is 5.02 Å². The Balaban J connectivity index is 1.30. The second-order valence-electron chi connectivity index (χ2n) is 10.9. The number of carbonyl (C=O) groups is 3.